The first-order valence-corrected chi connectivity index (χ1v) is 9.83. The van der Waals surface area contributed by atoms with Crippen LogP contribution in [0.5, 0.6) is 0 Å². The van der Waals surface area contributed by atoms with Crippen LogP contribution >= 0.6 is 0 Å². The number of sulfonamides is 1. The van der Waals surface area contributed by atoms with E-state index in [0.29, 0.717) is 30.7 Å². The van der Waals surface area contributed by atoms with Crippen molar-refractivity contribution in [1.82, 2.24) is 24.5 Å². The molecule has 0 bridgehead atoms. The molecule has 1 aromatic rings. The first-order valence-electron chi connectivity index (χ1n) is 8.35. The van der Waals surface area contributed by atoms with E-state index >= 15 is 0 Å². The van der Waals surface area contributed by atoms with Crippen molar-refractivity contribution in [3.05, 3.63) is 12.0 Å². The highest BCUT2D eigenvalue weighted by Crippen LogP contribution is 2.27. The molecular weight excluding hydrogens is 330 g/mol. The molecule has 2 aliphatic rings. The van der Waals surface area contributed by atoms with Crippen LogP contribution in [0.3, 0.4) is 0 Å². The average molecular weight is 355 g/mol. The molecule has 24 heavy (non-hydrogen) atoms. The second-order valence-corrected chi connectivity index (χ2v) is 8.41. The largest absolute Gasteiger partial charge is 0.342 e. The molecule has 2 fully saturated rings. The molecule has 2 saturated heterocycles. The van der Waals surface area contributed by atoms with Crippen molar-refractivity contribution in [2.24, 2.45) is 18.9 Å². The van der Waals surface area contributed by atoms with Crippen LogP contribution in [0.15, 0.2) is 11.2 Å². The van der Waals surface area contributed by atoms with Crippen LogP contribution in [0.1, 0.15) is 18.7 Å². The summed E-state index contributed by atoms with van der Waals surface area (Å²) in [5.74, 6) is 1.71. The number of carbonyl (C=O) groups is 1. The van der Waals surface area contributed by atoms with E-state index in [9.17, 15) is 13.2 Å². The van der Waals surface area contributed by atoms with Gasteiger partial charge in [0.2, 0.25) is 5.91 Å². The number of nitrogens with zero attached hydrogens (tertiary/aromatic N) is 3. The zero-order valence-corrected chi connectivity index (χ0v) is 15.0. The first-order chi connectivity index (χ1) is 11.4. The van der Waals surface area contributed by atoms with E-state index in [-0.39, 0.29) is 17.5 Å². The van der Waals surface area contributed by atoms with Crippen molar-refractivity contribution in [3.63, 3.8) is 0 Å². The summed E-state index contributed by atoms with van der Waals surface area (Å²) in [4.78, 5) is 18.2. The summed E-state index contributed by atoms with van der Waals surface area (Å²) in [5, 5.41) is 3.35. The van der Waals surface area contributed by atoms with E-state index in [1.54, 1.807) is 23.4 Å². The van der Waals surface area contributed by atoms with Gasteiger partial charge in [-0.2, -0.15) is 0 Å². The Morgan fingerprint density at radius 3 is 2.50 bits per heavy atom. The van der Waals surface area contributed by atoms with E-state index < -0.39 is 10.0 Å². The van der Waals surface area contributed by atoms with Crippen molar-refractivity contribution in [2.45, 2.75) is 24.8 Å². The molecule has 3 heterocycles. The maximum atomic E-state index is 12.4. The van der Waals surface area contributed by atoms with Gasteiger partial charge in [0.05, 0.1) is 6.54 Å². The predicted octanol–water partition coefficient (Wildman–Crippen LogP) is -0.535. The molecule has 0 aliphatic carbocycles. The number of rotatable bonds is 4. The summed E-state index contributed by atoms with van der Waals surface area (Å²) in [7, 11) is -2.03. The quantitative estimate of drug-likeness (QED) is 0.757. The summed E-state index contributed by atoms with van der Waals surface area (Å²) in [6.45, 7) is 4.97. The normalized spacial score (nSPS) is 24.7. The summed E-state index contributed by atoms with van der Waals surface area (Å²) in [6.07, 6.45) is 3.41. The van der Waals surface area contributed by atoms with Gasteiger partial charge in [0.15, 0.2) is 5.03 Å². The number of imidazole rings is 1. The highest BCUT2D eigenvalue weighted by molar-refractivity contribution is 7.89. The fraction of sp³-hybridized carbons (Fsp3) is 0.733. The van der Waals surface area contributed by atoms with Crippen molar-refractivity contribution in [1.29, 1.82) is 0 Å². The topological polar surface area (TPSA) is 96.3 Å². The number of hydrogen-bond donors (Lipinski definition) is 2. The Labute approximate surface area is 142 Å². The van der Waals surface area contributed by atoms with Gasteiger partial charge in [0.25, 0.3) is 10.0 Å². The third-order valence-corrected chi connectivity index (χ3v) is 6.42. The standard InChI is InChI=1S/C15H25N5O3S/c1-11-18-14(10-19(11)2)24(22,23)17-9-15(21)20-5-3-12-7-16-8-13(12)4-6-20/h10,12-13,16-17H,3-9H2,1-2H3/t12-,13+. The molecule has 134 valence electrons. The SMILES string of the molecule is Cc1nc(S(=O)(=O)NCC(=O)N2CC[C@@H]3CNC[C@@H]3CC2)cn1C. The smallest absolute Gasteiger partial charge is 0.260 e. The molecule has 1 amide bonds. The summed E-state index contributed by atoms with van der Waals surface area (Å²) in [5.41, 5.74) is 0. The van der Waals surface area contributed by atoms with Crippen LogP contribution in [-0.2, 0) is 21.9 Å². The minimum Gasteiger partial charge on any atom is -0.342 e. The molecule has 2 N–H and O–H groups in total. The monoisotopic (exact) mass is 355 g/mol. The van der Waals surface area contributed by atoms with Gasteiger partial charge in [-0.3, -0.25) is 4.79 Å². The molecule has 2 aliphatic heterocycles. The zero-order valence-electron chi connectivity index (χ0n) is 14.2. The molecular formula is C15H25N5O3S. The number of carbonyl (C=O) groups excluding carboxylic acids is 1. The lowest BCUT2D eigenvalue weighted by Crippen LogP contribution is -2.41. The van der Waals surface area contributed by atoms with Crippen molar-refractivity contribution in [3.8, 4) is 0 Å². The molecule has 9 heteroatoms. The third kappa shape index (κ3) is 3.62. The van der Waals surface area contributed by atoms with Gasteiger partial charge in [-0.25, -0.2) is 18.1 Å². The Balaban J connectivity index is 1.57. The van der Waals surface area contributed by atoms with Crippen molar-refractivity contribution >= 4 is 15.9 Å². The van der Waals surface area contributed by atoms with Gasteiger partial charge < -0.3 is 14.8 Å². The number of likely N-dealkylation sites (tertiary alicyclic amines) is 1. The van der Waals surface area contributed by atoms with Crippen LogP contribution in [-0.4, -0.2) is 61.5 Å². The molecule has 0 aromatic carbocycles. The Hall–Kier alpha value is -1.45. The van der Waals surface area contributed by atoms with Gasteiger partial charge in [0.1, 0.15) is 5.82 Å². The van der Waals surface area contributed by atoms with E-state index in [0.717, 1.165) is 25.9 Å². The van der Waals surface area contributed by atoms with E-state index in [1.165, 1.54) is 6.20 Å². The Morgan fingerprint density at radius 2 is 1.96 bits per heavy atom. The van der Waals surface area contributed by atoms with Crippen LogP contribution in [0.4, 0.5) is 0 Å². The van der Waals surface area contributed by atoms with E-state index in [1.807, 2.05) is 0 Å². The van der Waals surface area contributed by atoms with Gasteiger partial charge in [-0.1, -0.05) is 0 Å². The number of aryl methyl sites for hydroxylation is 2. The molecule has 0 unspecified atom stereocenters. The van der Waals surface area contributed by atoms with Crippen molar-refractivity contribution in [2.75, 3.05) is 32.7 Å². The van der Waals surface area contributed by atoms with E-state index in [2.05, 4.69) is 15.0 Å². The molecule has 0 radical (unpaired) electrons. The number of aromatic nitrogens is 2. The Bertz CT molecular complexity index is 681. The van der Waals surface area contributed by atoms with Gasteiger partial charge in [0, 0.05) is 26.3 Å². The highest BCUT2D eigenvalue weighted by atomic mass is 32.2. The molecule has 8 nitrogen and oxygen atoms in total. The summed E-state index contributed by atoms with van der Waals surface area (Å²) < 4.78 is 28.5. The minimum atomic E-state index is -3.76. The van der Waals surface area contributed by atoms with Gasteiger partial charge >= 0.3 is 0 Å². The second kappa shape index (κ2) is 6.81. The zero-order chi connectivity index (χ0) is 17.3. The summed E-state index contributed by atoms with van der Waals surface area (Å²) in [6, 6.07) is 0. The van der Waals surface area contributed by atoms with Crippen LogP contribution in [0, 0.1) is 18.8 Å². The van der Waals surface area contributed by atoms with Gasteiger partial charge in [-0.15, -0.1) is 0 Å². The lowest BCUT2D eigenvalue weighted by Gasteiger charge is -2.21. The number of amides is 1. The van der Waals surface area contributed by atoms with E-state index in [4.69, 9.17) is 0 Å². The lowest BCUT2D eigenvalue weighted by atomic mass is 9.92. The molecule has 3 rings (SSSR count). The predicted molar refractivity (Wildman–Crippen MR) is 88.8 cm³/mol. The molecule has 1 aromatic heterocycles. The first kappa shape index (κ1) is 17.4. The maximum Gasteiger partial charge on any atom is 0.260 e. The van der Waals surface area contributed by atoms with Crippen LogP contribution < -0.4 is 10.0 Å². The van der Waals surface area contributed by atoms with Crippen LogP contribution in [0.25, 0.3) is 0 Å². The third-order valence-electron chi connectivity index (χ3n) is 5.15. The maximum absolute atomic E-state index is 12.4. The lowest BCUT2D eigenvalue weighted by molar-refractivity contribution is -0.129. The summed E-state index contributed by atoms with van der Waals surface area (Å²) >= 11 is 0. The van der Waals surface area contributed by atoms with Crippen molar-refractivity contribution < 1.29 is 13.2 Å². The average Bonchev–Trinajstić information content (AvgIpc) is 3.07. The fourth-order valence-electron chi connectivity index (χ4n) is 3.47. The Morgan fingerprint density at radius 1 is 1.33 bits per heavy atom. The number of nitrogens with one attached hydrogen (secondary N) is 2. The number of fused-ring (bicyclic) bond motifs is 1. The van der Waals surface area contributed by atoms with Gasteiger partial charge in [-0.05, 0) is 44.7 Å². The Kier molecular flexibility index (Phi) is 4.93. The minimum absolute atomic E-state index is 0.0493. The highest BCUT2D eigenvalue weighted by Gasteiger charge is 2.31. The van der Waals surface area contributed by atoms with Crippen LogP contribution in [0.2, 0.25) is 0 Å². The molecule has 2 atom stereocenters. The molecule has 0 spiro atoms. The second-order valence-electron chi connectivity index (χ2n) is 6.70. The number of hydrogen-bond acceptors (Lipinski definition) is 5. The fourth-order valence-corrected chi connectivity index (χ4v) is 4.48. The molecule has 0 saturated carbocycles.